The number of nitrogens with one attached hydrogen (secondary N) is 1. The van der Waals surface area contributed by atoms with Gasteiger partial charge in [-0.05, 0) is 42.0 Å². The Labute approximate surface area is 136 Å². The number of ether oxygens (including phenoxy) is 1. The van der Waals surface area contributed by atoms with Crippen molar-refractivity contribution in [3.8, 4) is 5.75 Å². The molecule has 1 atom stereocenters. The number of benzene rings is 2. The van der Waals surface area contributed by atoms with Crippen LogP contribution in [0.15, 0.2) is 48.5 Å². The number of aliphatic carboxylic acids is 1. The van der Waals surface area contributed by atoms with Crippen molar-refractivity contribution < 1.29 is 28.2 Å². The Morgan fingerprint density at radius 1 is 1.00 bits per heavy atom. The lowest BCUT2D eigenvalue weighted by atomic mass is 10.0. The highest BCUT2D eigenvalue weighted by atomic mass is 19.1. The zero-order valence-electron chi connectivity index (χ0n) is 12.5. The Balaban J connectivity index is 1.97. The molecule has 5 nitrogen and oxygen atoms in total. The summed E-state index contributed by atoms with van der Waals surface area (Å²) in [4.78, 5) is 22.9. The molecule has 0 saturated heterocycles. The summed E-state index contributed by atoms with van der Waals surface area (Å²) < 4.78 is 30.9. The normalized spacial score (nSPS) is 11.6. The predicted octanol–water partition coefficient (Wildman–Crippen LogP) is 2.68. The smallest absolute Gasteiger partial charge is 0.305 e. The third-order valence-corrected chi connectivity index (χ3v) is 3.17. The fourth-order valence-corrected chi connectivity index (χ4v) is 2.04. The van der Waals surface area contributed by atoms with Crippen LogP contribution >= 0.6 is 0 Å². The van der Waals surface area contributed by atoms with Crippen molar-refractivity contribution in [3.63, 3.8) is 0 Å². The standard InChI is InChI=1S/C17H15F2NO4/c18-12-3-1-11(2-4-12)15(9-17(22)23)20-16(21)10-24-14-7-5-13(19)6-8-14/h1-8,15H,9-10H2,(H,20,21)(H,22,23)/t15-/m0/s1. The molecule has 2 aromatic carbocycles. The van der Waals surface area contributed by atoms with E-state index in [9.17, 15) is 18.4 Å². The molecule has 7 heteroatoms. The van der Waals surface area contributed by atoms with Crippen molar-refractivity contribution in [3.05, 3.63) is 65.7 Å². The number of carbonyl (C=O) groups is 2. The summed E-state index contributed by atoms with van der Waals surface area (Å²) in [5.74, 6) is -2.23. The maximum Gasteiger partial charge on any atom is 0.305 e. The number of hydrogen-bond donors (Lipinski definition) is 2. The van der Waals surface area contributed by atoms with E-state index in [2.05, 4.69) is 5.32 Å². The van der Waals surface area contributed by atoms with Gasteiger partial charge in [-0.25, -0.2) is 8.78 Å². The molecule has 0 fully saturated rings. The van der Waals surface area contributed by atoms with Crippen LogP contribution < -0.4 is 10.1 Å². The van der Waals surface area contributed by atoms with Gasteiger partial charge >= 0.3 is 5.97 Å². The third-order valence-electron chi connectivity index (χ3n) is 3.17. The highest BCUT2D eigenvalue weighted by Crippen LogP contribution is 2.17. The lowest BCUT2D eigenvalue weighted by molar-refractivity contribution is -0.137. The number of halogens is 2. The summed E-state index contributed by atoms with van der Waals surface area (Å²) >= 11 is 0. The van der Waals surface area contributed by atoms with Crippen LogP contribution in [0.2, 0.25) is 0 Å². The molecule has 0 aliphatic rings. The zero-order chi connectivity index (χ0) is 17.5. The Hall–Kier alpha value is -2.96. The van der Waals surface area contributed by atoms with Gasteiger partial charge in [0.1, 0.15) is 17.4 Å². The fraction of sp³-hybridized carbons (Fsp3) is 0.176. The van der Waals surface area contributed by atoms with E-state index in [0.717, 1.165) is 0 Å². The van der Waals surface area contributed by atoms with Crippen LogP contribution in [-0.2, 0) is 9.59 Å². The van der Waals surface area contributed by atoms with E-state index < -0.39 is 29.6 Å². The predicted molar refractivity (Wildman–Crippen MR) is 81.4 cm³/mol. The van der Waals surface area contributed by atoms with Crippen LogP contribution in [0.5, 0.6) is 5.75 Å². The van der Waals surface area contributed by atoms with E-state index in [0.29, 0.717) is 11.3 Å². The lowest BCUT2D eigenvalue weighted by Gasteiger charge is -2.17. The third kappa shape index (κ3) is 5.35. The Morgan fingerprint density at radius 2 is 1.54 bits per heavy atom. The minimum Gasteiger partial charge on any atom is -0.484 e. The second-order valence-corrected chi connectivity index (χ2v) is 5.01. The Morgan fingerprint density at radius 3 is 2.08 bits per heavy atom. The molecular weight excluding hydrogens is 320 g/mol. The molecule has 0 radical (unpaired) electrons. The molecule has 0 bridgehead atoms. The van der Waals surface area contributed by atoms with E-state index in [-0.39, 0.29) is 13.0 Å². The monoisotopic (exact) mass is 335 g/mol. The van der Waals surface area contributed by atoms with Crippen molar-refractivity contribution in [1.29, 1.82) is 0 Å². The van der Waals surface area contributed by atoms with Crippen molar-refractivity contribution in [1.82, 2.24) is 5.32 Å². The van der Waals surface area contributed by atoms with Gasteiger partial charge in [0.05, 0.1) is 12.5 Å². The number of rotatable bonds is 7. The van der Waals surface area contributed by atoms with Crippen LogP contribution in [0, 0.1) is 11.6 Å². The van der Waals surface area contributed by atoms with Crippen LogP contribution in [0.3, 0.4) is 0 Å². The van der Waals surface area contributed by atoms with Gasteiger partial charge in [0.25, 0.3) is 5.91 Å². The molecule has 0 aliphatic heterocycles. The second-order valence-electron chi connectivity index (χ2n) is 5.01. The van der Waals surface area contributed by atoms with Crippen LogP contribution in [0.25, 0.3) is 0 Å². The zero-order valence-corrected chi connectivity index (χ0v) is 12.5. The molecule has 126 valence electrons. The first kappa shape index (κ1) is 17.4. The van der Waals surface area contributed by atoms with Gasteiger partial charge in [-0.1, -0.05) is 12.1 Å². The topological polar surface area (TPSA) is 75.6 Å². The largest absolute Gasteiger partial charge is 0.484 e. The second kappa shape index (κ2) is 8.05. The van der Waals surface area contributed by atoms with Gasteiger partial charge < -0.3 is 15.2 Å². The van der Waals surface area contributed by atoms with Crippen LogP contribution in [0.4, 0.5) is 8.78 Å². The SMILES string of the molecule is O=C(O)C[C@H](NC(=O)COc1ccc(F)cc1)c1ccc(F)cc1. The summed E-state index contributed by atoms with van der Waals surface area (Å²) in [6.45, 7) is -0.358. The fourth-order valence-electron chi connectivity index (χ4n) is 2.04. The average molecular weight is 335 g/mol. The minimum atomic E-state index is -1.11. The van der Waals surface area contributed by atoms with E-state index >= 15 is 0 Å². The number of carboxylic acid groups (broad SMARTS) is 1. The highest BCUT2D eigenvalue weighted by Gasteiger charge is 2.18. The molecule has 0 aromatic heterocycles. The first-order valence-corrected chi connectivity index (χ1v) is 7.09. The maximum atomic E-state index is 13.0. The first-order valence-electron chi connectivity index (χ1n) is 7.09. The quantitative estimate of drug-likeness (QED) is 0.816. The molecule has 0 aliphatic carbocycles. The average Bonchev–Trinajstić information content (AvgIpc) is 2.54. The van der Waals surface area contributed by atoms with E-state index in [1.54, 1.807) is 0 Å². The molecule has 2 aromatic rings. The first-order chi connectivity index (χ1) is 11.4. The maximum absolute atomic E-state index is 13.0. The van der Waals surface area contributed by atoms with Gasteiger partial charge in [0, 0.05) is 0 Å². The number of carboxylic acids is 1. The molecule has 1 amide bonds. The molecule has 0 unspecified atom stereocenters. The van der Waals surface area contributed by atoms with Crippen molar-refractivity contribution >= 4 is 11.9 Å². The summed E-state index contributed by atoms with van der Waals surface area (Å²) in [7, 11) is 0. The van der Waals surface area contributed by atoms with Gasteiger partial charge in [0.15, 0.2) is 6.61 Å². The molecule has 0 spiro atoms. The van der Waals surface area contributed by atoms with Gasteiger partial charge in [0.2, 0.25) is 0 Å². The summed E-state index contributed by atoms with van der Waals surface area (Å²) in [5, 5.41) is 11.5. The van der Waals surface area contributed by atoms with Gasteiger partial charge in [-0.15, -0.1) is 0 Å². The Kier molecular flexibility index (Phi) is 5.83. The molecule has 2 rings (SSSR count). The number of hydrogen-bond acceptors (Lipinski definition) is 3. The van der Waals surface area contributed by atoms with Crippen LogP contribution in [-0.4, -0.2) is 23.6 Å². The molecule has 0 heterocycles. The minimum absolute atomic E-state index is 0.308. The lowest BCUT2D eigenvalue weighted by Crippen LogP contribution is -2.33. The van der Waals surface area contributed by atoms with Crippen molar-refractivity contribution in [2.75, 3.05) is 6.61 Å². The van der Waals surface area contributed by atoms with E-state index in [1.807, 2.05) is 0 Å². The van der Waals surface area contributed by atoms with E-state index in [1.165, 1.54) is 48.5 Å². The molecule has 0 saturated carbocycles. The molecule has 24 heavy (non-hydrogen) atoms. The molecular formula is C17H15F2NO4. The summed E-state index contributed by atoms with van der Waals surface area (Å²) in [6.07, 6.45) is -0.353. The summed E-state index contributed by atoms with van der Waals surface area (Å²) in [5.41, 5.74) is 0.467. The van der Waals surface area contributed by atoms with Gasteiger partial charge in [-0.2, -0.15) is 0 Å². The number of amides is 1. The highest BCUT2D eigenvalue weighted by molar-refractivity contribution is 5.79. The Bertz CT molecular complexity index is 702. The number of carbonyl (C=O) groups excluding carboxylic acids is 1. The van der Waals surface area contributed by atoms with Crippen LogP contribution in [0.1, 0.15) is 18.0 Å². The van der Waals surface area contributed by atoms with Crippen molar-refractivity contribution in [2.45, 2.75) is 12.5 Å². The van der Waals surface area contributed by atoms with Gasteiger partial charge in [-0.3, -0.25) is 9.59 Å². The molecule has 2 N–H and O–H groups in total. The van der Waals surface area contributed by atoms with E-state index in [4.69, 9.17) is 9.84 Å². The van der Waals surface area contributed by atoms with Crippen molar-refractivity contribution in [2.24, 2.45) is 0 Å². The summed E-state index contributed by atoms with van der Waals surface area (Å²) in [6, 6.07) is 9.50.